The number of H-pyrrole nitrogens is 1. The van der Waals surface area contributed by atoms with Crippen molar-refractivity contribution in [3.63, 3.8) is 0 Å². The molecule has 0 radical (unpaired) electrons. The molecule has 0 aliphatic carbocycles. The van der Waals surface area contributed by atoms with Crippen molar-refractivity contribution in [2.24, 2.45) is 0 Å². The van der Waals surface area contributed by atoms with Gasteiger partial charge in [-0.05, 0) is 19.9 Å². The van der Waals surface area contributed by atoms with Gasteiger partial charge in [-0.1, -0.05) is 6.07 Å². The predicted molar refractivity (Wildman–Crippen MR) is 79.9 cm³/mol. The van der Waals surface area contributed by atoms with E-state index in [1.807, 2.05) is 19.9 Å². The van der Waals surface area contributed by atoms with Crippen LogP contribution in [0.15, 0.2) is 18.2 Å². The van der Waals surface area contributed by atoms with Crippen molar-refractivity contribution in [3.8, 4) is 11.5 Å². The maximum atomic E-state index is 12.1. The van der Waals surface area contributed by atoms with Crippen LogP contribution in [0.2, 0.25) is 0 Å². The normalized spacial score (nSPS) is 10.3. The Balaban J connectivity index is 2.11. The molecule has 6 heteroatoms. The Kier molecular flexibility index (Phi) is 4.47. The molecular weight excluding hydrogens is 270 g/mol. The highest BCUT2D eigenvalue weighted by Crippen LogP contribution is 2.25. The number of methoxy groups -OCH3 is 2. The van der Waals surface area contributed by atoms with E-state index in [-0.39, 0.29) is 12.3 Å². The second-order valence-corrected chi connectivity index (χ2v) is 4.72. The second-order valence-electron chi connectivity index (χ2n) is 4.72. The molecule has 0 saturated carbocycles. The summed E-state index contributed by atoms with van der Waals surface area (Å²) in [5.41, 5.74) is 2.66. The van der Waals surface area contributed by atoms with Crippen molar-refractivity contribution in [2.75, 3.05) is 19.5 Å². The molecule has 1 amide bonds. The Morgan fingerprint density at radius 2 is 2.05 bits per heavy atom. The third kappa shape index (κ3) is 3.34. The number of carbonyl (C=O) groups is 1. The monoisotopic (exact) mass is 289 g/mol. The van der Waals surface area contributed by atoms with Crippen LogP contribution >= 0.6 is 0 Å². The molecule has 112 valence electrons. The van der Waals surface area contributed by atoms with Crippen LogP contribution in [0, 0.1) is 13.8 Å². The fourth-order valence-corrected chi connectivity index (χ4v) is 1.95. The number of rotatable bonds is 5. The number of aromatic nitrogens is 2. The van der Waals surface area contributed by atoms with Crippen LogP contribution in [0.5, 0.6) is 11.5 Å². The molecule has 1 heterocycles. The van der Waals surface area contributed by atoms with E-state index in [9.17, 15) is 4.79 Å². The van der Waals surface area contributed by atoms with E-state index in [4.69, 9.17) is 9.47 Å². The van der Waals surface area contributed by atoms with Gasteiger partial charge in [0.1, 0.15) is 11.5 Å². The number of aromatic amines is 1. The molecule has 0 atom stereocenters. The molecule has 0 unspecified atom stereocenters. The van der Waals surface area contributed by atoms with E-state index >= 15 is 0 Å². The maximum absolute atomic E-state index is 12.1. The van der Waals surface area contributed by atoms with Gasteiger partial charge in [0.05, 0.1) is 20.6 Å². The van der Waals surface area contributed by atoms with Crippen molar-refractivity contribution in [1.29, 1.82) is 0 Å². The van der Waals surface area contributed by atoms with Gasteiger partial charge in [-0.25, -0.2) is 0 Å². The maximum Gasteiger partial charge on any atom is 0.230 e. The van der Waals surface area contributed by atoms with E-state index < -0.39 is 0 Å². The number of aryl methyl sites for hydroxylation is 1. The smallest absolute Gasteiger partial charge is 0.230 e. The van der Waals surface area contributed by atoms with Gasteiger partial charge in [-0.2, -0.15) is 5.10 Å². The lowest BCUT2D eigenvalue weighted by Crippen LogP contribution is -2.15. The molecule has 0 bridgehead atoms. The first kappa shape index (κ1) is 14.9. The number of benzene rings is 1. The molecule has 0 spiro atoms. The van der Waals surface area contributed by atoms with Crippen LogP contribution in [0.1, 0.15) is 16.8 Å². The van der Waals surface area contributed by atoms with Gasteiger partial charge >= 0.3 is 0 Å². The SMILES string of the molecule is COc1ccc(CC(=O)Nc2n[nH]c(C)c2C)c(OC)c1. The highest BCUT2D eigenvalue weighted by atomic mass is 16.5. The summed E-state index contributed by atoms with van der Waals surface area (Å²) in [6.45, 7) is 3.81. The first-order chi connectivity index (χ1) is 10.0. The molecule has 0 aliphatic heterocycles. The number of amides is 1. The van der Waals surface area contributed by atoms with E-state index in [2.05, 4.69) is 15.5 Å². The lowest BCUT2D eigenvalue weighted by atomic mass is 10.1. The molecule has 1 aromatic carbocycles. The van der Waals surface area contributed by atoms with E-state index in [0.29, 0.717) is 17.3 Å². The number of nitrogens with zero attached hydrogens (tertiary/aromatic N) is 1. The van der Waals surface area contributed by atoms with Gasteiger partial charge < -0.3 is 14.8 Å². The van der Waals surface area contributed by atoms with Gasteiger partial charge in [0.15, 0.2) is 5.82 Å². The summed E-state index contributed by atoms with van der Waals surface area (Å²) < 4.78 is 10.4. The van der Waals surface area contributed by atoms with Crippen LogP contribution in [-0.4, -0.2) is 30.3 Å². The number of anilines is 1. The summed E-state index contributed by atoms with van der Waals surface area (Å²) in [5, 5.41) is 9.69. The summed E-state index contributed by atoms with van der Waals surface area (Å²) in [4.78, 5) is 12.1. The molecular formula is C15H19N3O3. The minimum absolute atomic E-state index is 0.145. The molecule has 2 rings (SSSR count). The number of hydrogen-bond donors (Lipinski definition) is 2. The zero-order valence-corrected chi connectivity index (χ0v) is 12.6. The van der Waals surface area contributed by atoms with Crippen LogP contribution in [0.25, 0.3) is 0 Å². The van der Waals surface area contributed by atoms with Gasteiger partial charge in [0.2, 0.25) is 5.91 Å². The van der Waals surface area contributed by atoms with Gasteiger partial charge in [-0.3, -0.25) is 9.89 Å². The Morgan fingerprint density at radius 3 is 2.62 bits per heavy atom. The van der Waals surface area contributed by atoms with Crippen LogP contribution in [-0.2, 0) is 11.2 Å². The first-order valence-electron chi connectivity index (χ1n) is 6.57. The minimum Gasteiger partial charge on any atom is -0.497 e. The minimum atomic E-state index is -0.145. The summed E-state index contributed by atoms with van der Waals surface area (Å²) in [6.07, 6.45) is 0.207. The number of nitrogens with one attached hydrogen (secondary N) is 2. The quantitative estimate of drug-likeness (QED) is 0.885. The number of ether oxygens (including phenoxy) is 2. The Morgan fingerprint density at radius 1 is 1.29 bits per heavy atom. The van der Waals surface area contributed by atoms with Gasteiger partial charge in [0, 0.05) is 22.9 Å². The van der Waals surface area contributed by atoms with Crippen LogP contribution < -0.4 is 14.8 Å². The lowest BCUT2D eigenvalue weighted by molar-refractivity contribution is -0.115. The number of hydrogen-bond acceptors (Lipinski definition) is 4. The lowest BCUT2D eigenvalue weighted by Gasteiger charge is -2.10. The zero-order chi connectivity index (χ0) is 15.4. The van der Waals surface area contributed by atoms with E-state index in [1.54, 1.807) is 26.4 Å². The molecule has 1 aromatic heterocycles. The average Bonchev–Trinajstić information content (AvgIpc) is 2.79. The topological polar surface area (TPSA) is 76.2 Å². The summed E-state index contributed by atoms with van der Waals surface area (Å²) in [6, 6.07) is 5.38. The molecule has 0 fully saturated rings. The average molecular weight is 289 g/mol. The standard InChI is InChI=1S/C15H19N3O3/c1-9-10(2)17-18-15(9)16-14(19)7-11-5-6-12(20-3)8-13(11)21-4/h5-6,8H,7H2,1-4H3,(H2,16,17,18,19). The van der Waals surface area contributed by atoms with Crippen molar-refractivity contribution in [3.05, 3.63) is 35.0 Å². The van der Waals surface area contributed by atoms with Gasteiger partial charge in [0.25, 0.3) is 0 Å². The van der Waals surface area contributed by atoms with E-state index in [1.165, 1.54) is 0 Å². The third-order valence-electron chi connectivity index (χ3n) is 3.36. The highest BCUT2D eigenvalue weighted by Gasteiger charge is 2.13. The van der Waals surface area contributed by atoms with Crippen molar-refractivity contribution >= 4 is 11.7 Å². The summed E-state index contributed by atoms with van der Waals surface area (Å²) in [5.74, 6) is 1.73. The van der Waals surface area contributed by atoms with E-state index in [0.717, 1.165) is 16.8 Å². The zero-order valence-electron chi connectivity index (χ0n) is 12.6. The number of carbonyl (C=O) groups excluding carboxylic acids is 1. The van der Waals surface area contributed by atoms with Crippen LogP contribution in [0.4, 0.5) is 5.82 Å². The third-order valence-corrected chi connectivity index (χ3v) is 3.36. The largest absolute Gasteiger partial charge is 0.497 e. The summed E-state index contributed by atoms with van der Waals surface area (Å²) in [7, 11) is 3.15. The fraction of sp³-hybridized carbons (Fsp3) is 0.333. The molecule has 2 N–H and O–H groups in total. The Labute approximate surface area is 123 Å². The second kappa shape index (κ2) is 6.30. The molecule has 0 saturated heterocycles. The van der Waals surface area contributed by atoms with Crippen molar-refractivity contribution < 1.29 is 14.3 Å². The Hall–Kier alpha value is -2.50. The van der Waals surface area contributed by atoms with Crippen molar-refractivity contribution in [1.82, 2.24) is 10.2 Å². The molecule has 21 heavy (non-hydrogen) atoms. The van der Waals surface area contributed by atoms with Crippen molar-refractivity contribution in [2.45, 2.75) is 20.3 Å². The Bertz CT molecular complexity index is 650. The molecule has 2 aromatic rings. The highest BCUT2D eigenvalue weighted by molar-refractivity contribution is 5.92. The van der Waals surface area contributed by atoms with Gasteiger partial charge in [-0.15, -0.1) is 0 Å². The molecule has 6 nitrogen and oxygen atoms in total. The van der Waals surface area contributed by atoms with Crippen LogP contribution in [0.3, 0.4) is 0 Å². The summed E-state index contributed by atoms with van der Waals surface area (Å²) >= 11 is 0. The predicted octanol–water partition coefficient (Wildman–Crippen LogP) is 2.22. The fourth-order valence-electron chi connectivity index (χ4n) is 1.95. The molecule has 0 aliphatic rings. The first-order valence-corrected chi connectivity index (χ1v) is 6.57.